The Bertz CT molecular complexity index is 780. The van der Waals surface area contributed by atoms with Gasteiger partial charge in [-0.2, -0.15) is 0 Å². The van der Waals surface area contributed by atoms with Gasteiger partial charge in [0, 0.05) is 24.7 Å². The van der Waals surface area contributed by atoms with E-state index < -0.39 is 53.6 Å². The number of carboxylic acid groups (broad SMARTS) is 1. The van der Waals surface area contributed by atoms with E-state index in [2.05, 4.69) is 25.9 Å². The van der Waals surface area contributed by atoms with Crippen molar-refractivity contribution >= 4 is 29.6 Å². The number of carbonyl (C=O) groups excluding carboxylic acids is 4. The molecule has 4 amide bonds. The number of carbonyl (C=O) groups is 5. The smallest absolute Gasteiger partial charge is 0.326 e. The molecule has 0 saturated carbocycles. The van der Waals surface area contributed by atoms with E-state index in [0.717, 1.165) is 0 Å². The molecule has 0 spiro atoms. The van der Waals surface area contributed by atoms with Gasteiger partial charge < -0.3 is 37.5 Å². The molecule has 172 valence electrons. The van der Waals surface area contributed by atoms with Crippen molar-refractivity contribution in [2.75, 3.05) is 6.54 Å². The minimum absolute atomic E-state index is 0.0185. The molecule has 1 rings (SSSR count). The van der Waals surface area contributed by atoms with E-state index in [9.17, 15) is 29.1 Å². The number of H-pyrrole nitrogens is 1. The Kier molecular flexibility index (Phi) is 10.1. The highest BCUT2D eigenvalue weighted by atomic mass is 16.4. The van der Waals surface area contributed by atoms with Crippen LogP contribution in [0.3, 0.4) is 0 Å². The van der Waals surface area contributed by atoms with Crippen molar-refractivity contribution in [1.82, 2.24) is 25.9 Å². The van der Waals surface area contributed by atoms with Gasteiger partial charge in [0.05, 0.1) is 12.9 Å². The number of nitrogens with two attached hydrogens (primary N) is 2. The van der Waals surface area contributed by atoms with E-state index in [1.165, 1.54) is 12.5 Å². The molecule has 31 heavy (non-hydrogen) atoms. The van der Waals surface area contributed by atoms with E-state index in [1.807, 2.05) is 0 Å². The number of rotatable bonds is 13. The summed E-state index contributed by atoms with van der Waals surface area (Å²) in [6.45, 7) is 2.88. The fraction of sp³-hybridized carbons (Fsp3) is 0.556. The Morgan fingerprint density at radius 1 is 1.10 bits per heavy atom. The van der Waals surface area contributed by atoms with Crippen LogP contribution in [0.25, 0.3) is 0 Å². The second-order valence-electron chi connectivity index (χ2n) is 7.24. The average Bonchev–Trinajstić information content (AvgIpc) is 3.20. The zero-order valence-electron chi connectivity index (χ0n) is 17.4. The molecule has 0 radical (unpaired) electrons. The average molecular weight is 439 g/mol. The Morgan fingerprint density at radius 2 is 1.74 bits per heavy atom. The van der Waals surface area contributed by atoms with Crippen molar-refractivity contribution in [3.8, 4) is 0 Å². The van der Waals surface area contributed by atoms with Crippen molar-refractivity contribution in [3.63, 3.8) is 0 Å². The van der Waals surface area contributed by atoms with Gasteiger partial charge in [-0.25, -0.2) is 9.78 Å². The molecule has 0 fully saturated rings. The van der Waals surface area contributed by atoms with Crippen LogP contribution in [0, 0.1) is 5.92 Å². The molecule has 0 aromatic carbocycles. The number of primary amides is 1. The summed E-state index contributed by atoms with van der Waals surface area (Å²) in [6, 6.07) is -3.52. The predicted octanol–water partition coefficient (Wildman–Crippen LogP) is -2.63. The summed E-state index contributed by atoms with van der Waals surface area (Å²) in [6.07, 6.45) is 2.53. The first-order chi connectivity index (χ1) is 14.5. The largest absolute Gasteiger partial charge is 0.480 e. The molecule has 9 N–H and O–H groups in total. The topological polar surface area (TPSA) is 222 Å². The predicted molar refractivity (Wildman–Crippen MR) is 108 cm³/mol. The molecule has 0 aliphatic carbocycles. The molecule has 1 heterocycles. The summed E-state index contributed by atoms with van der Waals surface area (Å²) in [5.74, 6) is -4.42. The molecule has 0 saturated heterocycles. The van der Waals surface area contributed by atoms with Crippen molar-refractivity contribution in [2.45, 2.75) is 51.2 Å². The number of nitrogens with one attached hydrogen (secondary N) is 4. The third kappa shape index (κ3) is 8.82. The Labute approximate surface area is 178 Å². The van der Waals surface area contributed by atoms with Crippen LogP contribution >= 0.6 is 0 Å². The number of aromatic nitrogens is 2. The summed E-state index contributed by atoms with van der Waals surface area (Å²) in [4.78, 5) is 66.4. The van der Waals surface area contributed by atoms with Gasteiger partial charge in [0.25, 0.3) is 0 Å². The Balaban J connectivity index is 3.03. The van der Waals surface area contributed by atoms with Crippen LogP contribution in [0.5, 0.6) is 0 Å². The van der Waals surface area contributed by atoms with Gasteiger partial charge >= 0.3 is 5.97 Å². The molecule has 3 atom stereocenters. The summed E-state index contributed by atoms with van der Waals surface area (Å²) in [5, 5.41) is 16.6. The highest BCUT2D eigenvalue weighted by molar-refractivity contribution is 5.94. The number of imidazole rings is 1. The van der Waals surface area contributed by atoms with Crippen molar-refractivity contribution in [1.29, 1.82) is 0 Å². The summed E-state index contributed by atoms with van der Waals surface area (Å²) in [7, 11) is 0. The fourth-order valence-electron chi connectivity index (χ4n) is 2.67. The highest BCUT2D eigenvalue weighted by Gasteiger charge is 2.31. The normalized spacial score (nSPS) is 13.7. The SMILES string of the molecule is CC(C)C(NC(=O)C(Cc1cnc[nH]1)NC(=O)C(CCC(N)=O)NC(=O)CN)C(=O)O. The second kappa shape index (κ2) is 12.3. The quantitative estimate of drug-likeness (QED) is 0.172. The number of carboxylic acids is 1. The molecule has 0 aliphatic heterocycles. The van der Waals surface area contributed by atoms with Crippen LogP contribution in [0.15, 0.2) is 12.5 Å². The van der Waals surface area contributed by atoms with Crippen LogP contribution in [0.1, 0.15) is 32.4 Å². The van der Waals surface area contributed by atoms with Gasteiger partial charge in [0.2, 0.25) is 23.6 Å². The number of aromatic amines is 1. The van der Waals surface area contributed by atoms with Crippen LogP contribution < -0.4 is 27.4 Å². The zero-order valence-corrected chi connectivity index (χ0v) is 17.4. The number of amides is 4. The Morgan fingerprint density at radius 3 is 2.23 bits per heavy atom. The lowest BCUT2D eigenvalue weighted by atomic mass is 10.0. The summed E-state index contributed by atoms with van der Waals surface area (Å²) in [5.41, 5.74) is 10.9. The van der Waals surface area contributed by atoms with Gasteiger partial charge in [-0.1, -0.05) is 13.8 Å². The Hall–Kier alpha value is -3.48. The van der Waals surface area contributed by atoms with Crippen LogP contribution in [-0.2, 0) is 30.4 Å². The zero-order chi connectivity index (χ0) is 23.6. The molecule has 13 nitrogen and oxygen atoms in total. The van der Waals surface area contributed by atoms with Gasteiger partial charge in [0.1, 0.15) is 18.1 Å². The van der Waals surface area contributed by atoms with Gasteiger partial charge in [-0.05, 0) is 12.3 Å². The fourth-order valence-corrected chi connectivity index (χ4v) is 2.67. The monoisotopic (exact) mass is 439 g/mol. The van der Waals surface area contributed by atoms with Crippen LogP contribution in [0.2, 0.25) is 0 Å². The standard InChI is InChI=1S/C18H29N7O6/c1-9(2)15(18(30)31)25-17(29)12(5-10-7-21-8-22-10)24-16(28)11(3-4-13(20)26)23-14(27)6-19/h7-9,11-12,15H,3-6,19H2,1-2H3,(H2,20,26)(H,21,22)(H,23,27)(H,24,28)(H,25,29)(H,30,31). The van der Waals surface area contributed by atoms with Gasteiger partial charge in [-0.15, -0.1) is 0 Å². The summed E-state index contributed by atoms with van der Waals surface area (Å²) < 4.78 is 0. The first-order valence-corrected chi connectivity index (χ1v) is 9.63. The molecule has 1 aromatic rings. The highest BCUT2D eigenvalue weighted by Crippen LogP contribution is 2.06. The van der Waals surface area contributed by atoms with Crippen LogP contribution in [-0.4, -0.2) is 69.3 Å². The second-order valence-corrected chi connectivity index (χ2v) is 7.24. The number of aliphatic carboxylic acids is 1. The molecule has 0 bridgehead atoms. The minimum atomic E-state index is -1.22. The maximum absolute atomic E-state index is 12.8. The number of hydrogen-bond acceptors (Lipinski definition) is 7. The molecular weight excluding hydrogens is 410 g/mol. The first kappa shape index (κ1) is 25.6. The molecule has 13 heteroatoms. The van der Waals surface area contributed by atoms with Crippen molar-refractivity contribution < 1.29 is 29.1 Å². The maximum Gasteiger partial charge on any atom is 0.326 e. The van der Waals surface area contributed by atoms with Gasteiger partial charge in [0.15, 0.2) is 0 Å². The van der Waals surface area contributed by atoms with E-state index in [1.54, 1.807) is 13.8 Å². The van der Waals surface area contributed by atoms with E-state index >= 15 is 0 Å². The maximum atomic E-state index is 12.8. The lowest BCUT2D eigenvalue weighted by molar-refractivity contribution is -0.143. The van der Waals surface area contributed by atoms with E-state index in [4.69, 9.17) is 11.5 Å². The molecular formula is C18H29N7O6. The molecule has 1 aromatic heterocycles. The lowest BCUT2D eigenvalue weighted by Gasteiger charge is -2.25. The third-order valence-corrected chi connectivity index (χ3v) is 4.36. The third-order valence-electron chi connectivity index (χ3n) is 4.36. The molecule has 0 aliphatic rings. The van der Waals surface area contributed by atoms with Crippen molar-refractivity contribution in [2.24, 2.45) is 17.4 Å². The lowest BCUT2D eigenvalue weighted by Crippen LogP contribution is -2.57. The van der Waals surface area contributed by atoms with Crippen molar-refractivity contribution in [3.05, 3.63) is 18.2 Å². The number of hydrogen-bond donors (Lipinski definition) is 7. The number of nitrogens with zero attached hydrogens (tertiary/aromatic N) is 1. The summed E-state index contributed by atoms with van der Waals surface area (Å²) >= 11 is 0. The van der Waals surface area contributed by atoms with E-state index in [0.29, 0.717) is 5.69 Å². The van der Waals surface area contributed by atoms with Gasteiger partial charge in [-0.3, -0.25) is 19.2 Å². The van der Waals surface area contributed by atoms with E-state index in [-0.39, 0.29) is 25.8 Å². The first-order valence-electron chi connectivity index (χ1n) is 9.63. The van der Waals surface area contributed by atoms with Crippen LogP contribution in [0.4, 0.5) is 0 Å². The minimum Gasteiger partial charge on any atom is -0.480 e. The molecule has 3 unspecified atom stereocenters.